The summed E-state index contributed by atoms with van der Waals surface area (Å²) >= 11 is 0. The van der Waals surface area contributed by atoms with Crippen LogP contribution in [0.15, 0.2) is 12.2 Å². The summed E-state index contributed by atoms with van der Waals surface area (Å²) in [5, 5.41) is 17.8. The highest BCUT2D eigenvalue weighted by atomic mass is 16.7. The standard InChI is InChI=1S/C11H18O5/c1-7(12)6-9-8(4-5-10(13)14)15-11(2,3)16-9/h4-5,7-9,12H,6H2,1-3H3,(H,13,14)/b5-4+/t7-,8-,9-/m1/s1. The van der Waals surface area contributed by atoms with Gasteiger partial charge in [-0.25, -0.2) is 4.79 Å². The highest BCUT2D eigenvalue weighted by molar-refractivity contribution is 5.79. The van der Waals surface area contributed by atoms with Crippen molar-refractivity contribution in [1.82, 2.24) is 0 Å². The molecule has 0 aromatic rings. The van der Waals surface area contributed by atoms with Crippen molar-refractivity contribution in [3.63, 3.8) is 0 Å². The van der Waals surface area contributed by atoms with Gasteiger partial charge in [0.1, 0.15) is 6.10 Å². The van der Waals surface area contributed by atoms with Gasteiger partial charge in [-0.2, -0.15) is 0 Å². The van der Waals surface area contributed by atoms with Gasteiger partial charge in [0, 0.05) is 12.5 Å². The van der Waals surface area contributed by atoms with Crippen LogP contribution in [-0.2, 0) is 14.3 Å². The predicted molar refractivity (Wildman–Crippen MR) is 56.9 cm³/mol. The lowest BCUT2D eigenvalue weighted by Crippen LogP contribution is -2.25. The average molecular weight is 230 g/mol. The molecule has 0 aromatic heterocycles. The summed E-state index contributed by atoms with van der Waals surface area (Å²) in [4.78, 5) is 10.4. The molecule has 1 saturated heterocycles. The summed E-state index contributed by atoms with van der Waals surface area (Å²) < 4.78 is 11.1. The lowest BCUT2D eigenvalue weighted by atomic mass is 10.1. The van der Waals surface area contributed by atoms with Crippen molar-refractivity contribution < 1.29 is 24.5 Å². The molecule has 1 aliphatic heterocycles. The van der Waals surface area contributed by atoms with Crippen molar-refractivity contribution in [2.45, 2.75) is 51.3 Å². The fraction of sp³-hybridized carbons (Fsp3) is 0.727. The van der Waals surface area contributed by atoms with E-state index < -0.39 is 24.0 Å². The lowest BCUT2D eigenvalue weighted by Gasteiger charge is -2.17. The number of ether oxygens (including phenoxy) is 2. The van der Waals surface area contributed by atoms with E-state index in [-0.39, 0.29) is 6.10 Å². The monoisotopic (exact) mass is 230 g/mol. The number of aliphatic carboxylic acids is 1. The Labute approximate surface area is 94.7 Å². The van der Waals surface area contributed by atoms with E-state index in [2.05, 4.69) is 0 Å². The normalized spacial score (nSPS) is 30.8. The summed E-state index contributed by atoms with van der Waals surface area (Å²) in [5.41, 5.74) is 0. The van der Waals surface area contributed by atoms with E-state index in [1.54, 1.807) is 20.8 Å². The van der Waals surface area contributed by atoms with E-state index in [0.29, 0.717) is 6.42 Å². The van der Waals surface area contributed by atoms with Crippen LogP contribution in [0.1, 0.15) is 27.2 Å². The smallest absolute Gasteiger partial charge is 0.328 e. The van der Waals surface area contributed by atoms with Crippen molar-refractivity contribution in [3.8, 4) is 0 Å². The predicted octanol–water partition coefficient (Wildman–Crippen LogP) is 0.918. The maximum absolute atomic E-state index is 10.4. The third-order valence-electron chi connectivity index (χ3n) is 2.22. The maximum atomic E-state index is 10.4. The Morgan fingerprint density at radius 2 is 2.12 bits per heavy atom. The first kappa shape index (κ1) is 13.2. The van der Waals surface area contributed by atoms with Gasteiger partial charge in [0.05, 0.1) is 12.2 Å². The van der Waals surface area contributed by atoms with Crippen LogP contribution in [0.3, 0.4) is 0 Å². The highest BCUT2D eigenvalue weighted by Gasteiger charge is 2.40. The molecule has 92 valence electrons. The maximum Gasteiger partial charge on any atom is 0.328 e. The second-order valence-electron chi connectivity index (χ2n) is 4.42. The molecule has 0 radical (unpaired) electrons. The van der Waals surface area contributed by atoms with E-state index >= 15 is 0 Å². The molecule has 1 fully saturated rings. The summed E-state index contributed by atoms with van der Waals surface area (Å²) in [6, 6.07) is 0. The second-order valence-corrected chi connectivity index (χ2v) is 4.42. The first-order chi connectivity index (χ1) is 7.30. The first-order valence-corrected chi connectivity index (χ1v) is 5.25. The van der Waals surface area contributed by atoms with Gasteiger partial charge >= 0.3 is 5.97 Å². The van der Waals surface area contributed by atoms with Gasteiger partial charge in [-0.1, -0.05) is 0 Å². The molecule has 0 saturated carbocycles. The molecule has 1 aliphatic rings. The number of aliphatic hydroxyl groups is 1. The zero-order valence-electron chi connectivity index (χ0n) is 9.71. The quantitative estimate of drug-likeness (QED) is 0.702. The molecule has 0 aromatic carbocycles. The Morgan fingerprint density at radius 1 is 1.50 bits per heavy atom. The summed E-state index contributed by atoms with van der Waals surface area (Å²) in [6.45, 7) is 5.18. The Morgan fingerprint density at radius 3 is 2.62 bits per heavy atom. The highest BCUT2D eigenvalue weighted by Crippen LogP contribution is 2.31. The minimum Gasteiger partial charge on any atom is -0.478 e. The van der Waals surface area contributed by atoms with Gasteiger partial charge in [-0.15, -0.1) is 0 Å². The molecule has 3 atom stereocenters. The molecule has 2 N–H and O–H groups in total. The van der Waals surface area contributed by atoms with Gasteiger partial charge in [0.15, 0.2) is 5.79 Å². The number of carboxylic acid groups (broad SMARTS) is 1. The molecule has 0 unspecified atom stereocenters. The Balaban J connectivity index is 2.68. The average Bonchev–Trinajstić information content (AvgIpc) is 2.36. The molecule has 5 heteroatoms. The van der Waals surface area contributed by atoms with Gasteiger partial charge in [0.25, 0.3) is 0 Å². The van der Waals surface area contributed by atoms with Crippen molar-refractivity contribution in [1.29, 1.82) is 0 Å². The van der Waals surface area contributed by atoms with E-state index in [9.17, 15) is 9.90 Å². The largest absolute Gasteiger partial charge is 0.478 e. The third kappa shape index (κ3) is 3.92. The van der Waals surface area contributed by atoms with Gasteiger partial charge in [-0.3, -0.25) is 0 Å². The van der Waals surface area contributed by atoms with Crippen LogP contribution in [-0.4, -0.2) is 40.3 Å². The van der Waals surface area contributed by atoms with Crippen molar-refractivity contribution in [2.24, 2.45) is 0 Å². The number of carbonyl (C=O) groups is 1. The minimum atomic E-state index is -1.02. The molecule has 0 bridgehead atoms. The molecule has 16 heavy (non-hydrogen) atoms. The van der Waals surface area contributed by atoms with Gasteiger partial charge in [-0.05, 0) is 26.8 Å². The van der Waals surface area contributed by atoms with Gasteiger partial charge in [0.2, 0.25) is 0 Å². The summed E-state index contributed by atoms with van der Waals surface area (Å²) in [7, 11) is 0. The molecular formula is C11H18O5. The Hall–Kier alpha value is -0.910. The second kappa shape index (κ2) is 4.95. The molecule has 0 amide bonds. The van der Waals surface area contributed by atoms with Crippen LogP contribution in [0.5, 0.6) is 0 Å². The van der Waals surface area contributed by atoms with Gasteiger partial charge < -0.3 is 19.7 Å². The van der Waals surface area contributed by atoms with Crippen LogP contribution in [0, 0.1) is 0 Å². The molecule has 0 spiro atoms. The van der Waals surface area contributed by atoms with E-state index in [4.69, 9.17) is 14.6 Å². The van der Waals surface area contributed by atoms with E-state index in [1.165, 1.54) is 6.08 Å². The minimum absolute atomic E-state index is 0.314. The summed E-state index contributed by atoms with van der Waals surface area (Å²) in [5.74, 6) is -1.77. The van der Waals surface area contributed by atoms with E-state index in [1.807, 2.05) is 0 Å². The SMILES string of the molecule is C[C@@H](O)C[C@H]1OC(C)(C)O[C@@H]1/C=C/C(=O)O. The number of aliphatic hydroxyl groups excluding tert-OH is 1. The van der Waals surface area contributed by atoms with Crippen LogP contribution < -0.4 is 0 Å². The molecular weight excluding hydrogens is 212 g/mol. The Bertz CT molecular complexity index is 282. The first-order valence-electron chi connectivity index (χ1n) is 5.25. The van der Waals surface area contributed by atoms with Crippen LogP contribution in [0.2, 0.25) is 0 Å². The number of carboxylic acids is 1. The molecule has 0 aliphatic carbocycles. The van der Waals surface area contributed by atoms with Crippen molar-refractivity contribution in [3.05, 3.63) is 12.2 Å². The fourth-order valence-corrected chi connectivity index (χ4v) is 1.72. The van der Waals surface area contributed by atoms with Crippen LogP contribution in [0.25, 0.3) is 0 Å². The summed E-state index contributed by atoms with van der Waals surface area (Å²) in [6.07, 6.45) is 1.64. The number of hydrogen-bond donors (Lipinski definition) is 2. The molecule has 1 rings (SSSR count). The molecule has 5 nitrogen and oxygen atoms in total. The number of rotatable bonds is 4. The van der Waals surface area contributed by atoms with Crippen LogP contribution in [0.4, 0.5) is 0 Å². The van der Waals surface area contributed by atoms with E-state index in [0.717, 1.165) is 6.08 Å². The van der Waals surface area contributed by atoms with Crippen molar-refractivity contribution >= 4 is 5.97 Å². The third-order valence-corrected chi connectivity index (χ3v) is 2.22. The Kier molecular flexibility index (Phi) is 4.07. The van der Waals surface area contributed by atoms with Crippen LogP contribution >= 0.6 is 0 Å². The zero-order chi connectivity index (χ0) is 12.3. The molecule has 1 heterocycles. The number of hydrogen-bond acceptors (Lipinski definition) is 4. The van der Waals surface area contributed by atoms with Crippen molar-refractivity contribution in [2.75, 3.05) is 0 Å². The fourth-order valence-electron chi connectivity index (χ4n) is 1.72. The zero-order valence-corrected chi connectivity index (χ0v) is 9.71. The topological polar surface area (TPSA) is 76.0 Å². The lowest BCUT2D eigenvalue weighted by molar-refractivity contribution is -0.145.